The van der Waals surface area contributed by atoms with E-state index >= 15 is 0 Å². The minimum absolute atomic E-state index is 0.185. The molecule has 0 saturated heterocycles. The zero-order chi connectivity index (χ0) is 23.9. The number of fused-ring (bicyclic) bond motifs is 1. The molecule has 0 aliphatic rings. The van der Waals surface area contributed by atoms with Crippen molar-refractivity contribution in [3.63, 3.8) is 0 Å². The lowest BCUT2D eigenvalue weighted by atomic mass is 10.2. The van der Waals surface area contributed by atoms with Gasteiger partial charge in [-0.1, -0.05) is 0 Å². The van der Waals surface area contributed by atoms with Crippen molar-refractivity contribution in [1.29, 1.82) is 0 Å². The summed E-state index contributed by atoms with van der Waals surface area (Å²) in [6.45, 7) is -0.185. The number of benzene rings is 1. The maximum Gasteiger partial charge on any atom is 0.573 e. The molecular formula is C20H16F3N5O4S. The molecule has 0 radical (unpaired) electrons. The van der Waals surface area contributed by atoms with Gasteiger partial charge in [0, 0.05) is 31.2 Å². The summed E-state index contributed by atoms with van der Waals surface area (Å²) in [5, 5.41) is 4.56. The number of halogens is 3. The van der Waals surface area contributed by atoms with E-state index in [2.05, 4.69) is 15.0 Å². The molecule has 0 spiro atoms. The molecule has 9 nitrogen and oxygen atoms in total. The van der Waals surface area contributed by atoms with Gasteiger partial charge in [0.25, 0.3) is 5.56 Å². The van der Waals surface area contributed by atoms with E-state index in [1.165, 1.54) is 47.5 Å². The number of aryl methyl sites for hydroxylation is 1. The second-order valence-electron chi connectivity index (χ2n) is 7.04. The molecule has 0 atom stereocenters. The van der Waals surface area contributed by atoms with Crippen LogP contribution in [0, 0.1) is 0 Å². The van der Waals surface area contributed by atoms with E-state index in [0.29, 0.717) is 16.8 Å². The first-order valence-electron chi connectivity index (χ1n) is 9.40. The number of nitrogens with zero attached hydrogens (tertiary/aromatic N) is 4. The normalized spacial score (nSPS) is 11.7. The van der Waals surface area contributed by atoms with Crippen LogP contribution in [0.2, 0.25) is 0 Å². The molecule has 4 rings (SSSR count). The van der Waals surface area contributed by atoms with Gasteiger partial charge >= 0.3 is 12.1 Å². The highest BCUT2D eigenvalue weighted by atomic mass is 32.1. The van der Waals surface area contributed by atoms with E-state index in [1.807, 2.05) is 0 Å². The summed E-state index contributed by atoms with van der Waals surface area (Å²) in [5.41, 5.74) is 0.649. The molecule has 0 unspecified atom stereocenters. The lowest BCUT2D eigenvalue weighted by molar-refractivity contribution is -0.274. The van der Waals surface area contributed by atoms with Crippen molar-refractivity contribution in [2.45, 2.75) is 12.9 Å². The minimum atomic E-state index is -4.77. The number of carbonyl (C=O) groups is 1. The zero-order valence-electron chi connectivity index (χ0n) is 17.2. The lowest BCUT2D eigenvalue weighted by Crippen LogP contribution is -2.37. The van der Waals surface area contributed by atoms with Crippen LogP contribution in [-0.2, 0) is 25.4 Å². The third-order valence-corrected chi connectivity index (χ3v) is 5.59. The molecule has 0 aliphatic heterocycles. The molecule has 0 bridgehead atoms. The first-order chi connectivity index (χ1) is 15.5. The van der Waals surface area contributed by atoms with E-state index in [-0.39, 0.29) is 22.9 Å². The topological polar surface area (TPSA) is 100 Å². The fourth-order valence-corrected chi connectivity index (χ4v) is 4.01. The fourth-order valence-electron chi connectivity index (χ4n) is 3.27. The first-order valence-corrected chi connectivity index (χ1v) is 10.3. The third kappa shape index (κ3) is 4.53. The SMILES string of the molecule is Cn1c(=O)c2c(ccn2CC(=O)Nc2nc(-c3ccc(OC(F)(F)F)cc3)cs2)n(C)c1=O. The molecule has 33 heavy (non-hydrogen) atoms. The summed E-state index contributed by atoms with van der Waals surface area (Å²) in [4.78, 5) is 41.4. The molecule has 4 aromatic rings. The third-order valence-electron chi connectivity index (χ3n) is 4.83. The Morgan fingerprint density at radius 3 is 2.48 bits per heavy atom. The Hall–Kier alpha value is -3.87. The van der Waals surface area contributed by atoms with Crippen LogP contribution in [0.4, 0.5) is 18.3 Å². The highest BCUT2D eigenvalue weighted by Gasteiger charge is 2.31. The number of anilines is 1. The second kappa shape index (κ2) is 8.24. The number of amides is 1. The van der Waals surface area contributed by atoms with Crippen molar-refractivity contribution in [3.05, 3.63) is 62.7 Å². The molecule has 3 aromatic heterocycles. The summed E-state index contributed by atoms with van der Waals surface area (Å²) >= 11 is 1.14. The average molecular weight is 479 g/mol. The van der Waals surface area contributed by atoms with Gasteiger partial charge < -0.3 is 14.6 Å². The van der Waals surface area contributed by atoms with E-state index in [4.69, 9.17) is 0 Å². The summed E-state index contributed by atoms with van der Waals surface area (Å²) in [7, 11) is 2.90. The van der Waals surface area contributed by atoms with Crippen LogP contribution in [-0.4, -0.2) is 31.0 Å². The van der Waals surface area contributed by atoms with Gasteiger partial charge in [0.05, 0.1) is 11.2 Å². The zero-order valence-corrected chi connectivity index (χ0v) is 18.0. The average Bonchev–Trinajstić information content (AvgIpc) is 3.37. The maximum absolute atomic E-state index is 12.5. The van der Waals surface area contributed by atoms with Gasteiger partial charge in [0.15, 0.2) is 5.13 Å². The predicted molar refractivity (Wildman–Crippen MR) is 115 cm³/mol. The van der Waals surface area contributed by atoms with Crippen LogP contribution < -0.4 is 21.3 Å². The standard InChI is InChI=1S/C20H16F3N5O4S/c1-26-14-7-8-28(16(14)17(30)27(2)19(26)31)9-15(29)25-18-24-13(10-33-18)11-3-5-12(6-4-11)32-20(21,22)23/h3-8,10H,9H2,1-2H3,(H,24,25,29). The number of aromatic nitrogens is 4. The Balaban J connectivity index is 1.49. The Labute approximate surface area is 187 Å². The van der Waals surface area contributed by atoms with Crippen LogP contribution in [0.3, 0.4) is 0 Å². The van der Waals surface area contributed by atoms with E-state index in [9.17, 15) is 27.6 Å². The molecule has 1 N–H and O–H groups in total. The highest BCUT2D eigenvalue weighted by molar-refractivity contribution is 7.14. The predicted octanol–water partition coefficient (Wildman–Crippen LogP) is 2.70. The van der Waals surface area contributed by atoms with Gasteiger partial charge in [-0.15, -0.1) is 24.5 Å². The van der Waals surface area contributed by atoms with Crippen molar-refractivity contribution in [2.75, 3.05) is 5.32 Å². The van der Waals surface area contributed by atoms with Gasteiger partial charge in [0.2, 0.25) is 5.91 Å². The van der Waals surface area contributed by atoms with Crippen molar-refractivity contribution < 1.29 is 22.7 Å². The number of nitrogens with one attached hydrogen (secondary N) is 1. The van der Waals surface area contributed by atoms with Crippen LogP contribution >= 0.6 is 11.3 Å². The lowest BCUT2D eigenvalue weighted by Gasteiger charge is -2.08. The van der Waals surface area contributed by atoms with Gasteiger partial charge in [-0.3, -0.25) is 18.7 Å². The van der Waals surface area contributed by atoms with E-state index in [1.54, 1.807) is 17.6 Å². The number of rotatable bonds is 5. The largest absolute Gasteiger partial charge is 0.573 e. The first kappa shape index (κ1) is 22.3. The van der Waals surface area contributed by atoms with Crippen LogP contribution in [0.1, 0.15) is 0 Å². The summed E-state index contributed by atoms with van der Waals surface area (Å²) in [6, 6.07) is 6.78. The molecule has 3 heterocycles. The van der Waals surface area contributed by atoms with Crippen LogP contribution in [0.5, 0.6) is 5.75 Å². The van der Waals surface area contributed by atoms with Crippen molar-refractivity contribution in [2.24, 2.45) is 14.1 Å². The van der Waals surface area contributed by atoms with Crippen molar-refractivity contribution in [1.82, 2.24) is 18.7 Å². The number of hydrogen-bond acceptors (Lipinski definition) is 6. The highest BCUT2D eigenvalue weighted by Crippen LogP contribution is 2.28. The van der Waals surface area contributed by atoms with Gasteiger partial charge in [0.1, 0.15) is 17.8 Å². The molecule has 1 amide bonds. The Morgan fingerprint density at radius 2 is 1.82 bits per heavy atom. The van der Waals surface area contributed by atoms with Crippen LogP contribution in [0.15, 0.2) is 51.5 Å². The summed E-state index contributed by atoms with van der Waals surface area (Å²) in [5.74, 6) is -0.796. The van der Waals surface area contributed by atoms with E-state index in [0.717, 1.165) is 15.9 Å². The smallest absolute Gasteiger partial charge is 0.406 e. The Kier molecular flexibility index (Phi) is 5.57. The number of hydrogen-bond donors (Lipinski definition) is 1. The maximum atomic E-state index is 12.5. The molecule has 172 valence electrons. The fraction of sp³-hybridized carbons (Fsp3) is 0.200. The summed E-state index contributed by atoms with van der Waals surface area (Å²) in [6.07, 6.45) is -3.23. The van der Waals surface area contributed by atoms with E-state index < -0.39 is 23.5 Å². The molecule has 0 fully saturated rings. The van der Waals surface area contributed by atoms with Gasteiger partial charge in [-0.2, -0.15) is 0 Å². The number of carbonyl (C=O) groups excluding carboxylic acids is 1. The van der Waals surface area contributed by atoms with Gasteiger partial charge in [-0.25, -0.2) is 9.78 Å². The number of ether oxygens (including phenoxy) is 1. The second-order valence-corrected chi connectivity index (χ2v) is 7.90. The summed E-state index contributed by atoms with van der Waals surface area (Å²) < 4.78 is 44.4. The molecular weight excluding hydrogens is 463 g/mol. The quantitative estimate of drug-likeness (QED) is 0.475. The van der Waals surface area contributed by atoms with Crippen molar-refractivity contribution in [3.8, 4) is 17.0 Å². The number of alkyl halides is 3. The molecule has 1 aromatic carbocycles. The van der Waals surface area contributed by atoms with Crippen LogP contribution in [0.25, 0.3) is 22.3 Å². The van der Waals surface area contributed by atoms with Gasteiger partial charge in [-0.05, 0) is 30.3 Å². The molecule has 13 heteroatoms. The van der Waals surface area contributed by atoms with Crippen molar-refractivity contribution >= 4 is 33.4 Å². The Morgan fingerprint density at radius 1 is 1.12 bits per heavy atom. The minimum Gasteiger partial charge on any atom is -0.406 e. The molecule has 0 saturated carbocycles. The number of thiazole rings is 1. The molecule has 0 aliphatic carbocycles. The monoisotopic (exact) mass is 479 g/mol. The Bertz CT molecular complexity index is 1460.